The third-order valence-corrected chi connectivity index (χ3v) is 2.45. The van der Waals surface area contributed by atoms with Crippen LogP contribution in [0.15, 0.2) is 18.2 Å². The highest BCUT2D eigenvalue weighted by molar-refractivity contribution is 5.28. The fourth-order valence-corrected chi connectivity index (χ4v) is 1.48. The van der Waals surface area contributed by atoms with Crippen molar-refractivity contribution in [2.75, 3.05) is 26.9 Å². The minimum Gasteiger partial charge on any atom is -0.497 e. The zero-order valence-electron chi connectivity index (χ0n) is 11.3. The number of benzene rings is 1. The van der Waals surface area contributed by atoms with E-state index in [1.807, 2.05) is 0 Å². The number of ether oxygens (including phenoxy) is 2. The van der Waals surface area contributed by atoms with Crippen molar-refractivity contribution in [1.29, 1.82) is 0 Å². The molecule has 102 valence electrons. The Morgan fingerprint density at radius 1 is 1.33 bits per heavy atom. The summed E-state index contributed by atoms with van der Waals surface area (Å²) in [7, 11) is 1.53. The molecule has 0 atom stereocenters. The van der Waals surface area contributed by atoms with Gasteiger partial charge in [0.1, 0.15) is 11.6 Å². The normalized spacial score (nSPS) is 10.9. The van der Waals surface area contributed by atoms with Gasteiger partial charge in [-0.3, -0.25) is 0 Å². The van der Waals surface area contributed by atoms with E-state index in [4.69, 9.17) is 9.47 Å². The third kappa shape index (κ3) is 5.47. The van der Waals surface area contributed by atoms with E-state index < -0.39 is 0 Å². The van der Waals surface area contributed by atoms with Gasteiger partial charge in [-0.05, 0) is 12.0 Å². The largest absolute Gasteiger partial charge is 0.497 e. The summed E-state index contributed by atoms with van der Waals surface area (Å²) in [4.78, 5) is 0. The average Bonchev–Trinajstić information content (AvgIpc) is 2.34. The van der Waals surface area contributed by atoms with Crippen LogP contribution in [0.3, 0.4) is 0 Å². The second-order valence-corrected chi connectivity index (χ2v) is 4.60. The summed E-state index contributed by atoms with van der Waals surface area (Å²) in [6.07, 6.45) is 0. The molecule has 1 N–H and O–H groups in total. The number of hydrogen-bond donors (Lipinski definition) is 1. The molecule has 0 unspecified atom stereocenters. The Labute approximate surface area is 108 Å². The molecule has 0 heterocycles. The predicted octanol–water partition coefficient (Wildman–Crippen LogP) is 2.60. The van der Waals surface area contributed by atoms with Crippen molar-refractivity contribution in [3.8, 4) is 5.75 Å². The first-order valence-electron chi connectivity index (χ1n) is 6.24. The van der Waals surface area contributed by atoms with E-state index >= 15 is 0 Å². The zero-order chi connectivity index (χ0) is 13.4. The van der Waals surface area contributed by atoms with Crippen molar-refractivity contribution in [2.45, 2.75) is 20.4 Å². The Morgan fingerprint density at radius 3 is 2.72 bits per heavy atom. The molecule has 0 saturated carbocycles. The van der Waals surface area contributed by atoms with Crippen molar-refractivity contribution in [2.24, 2.45) is 5.92 Å². The maximum atomic E-state index is 13.6. The van der Waals surface area contributed by atoms with Crippen LogP contribution in [0, 0.1) is 11.7 Å². The predicted molar refractivity (Wildman–Crippen MR) is 70.3 cm³/mol. The van der Waals surface area contributed by atoms with Gasteiger partial charge < -0.3 is 14.8 Å². The van der Waals surface area contributed by atoms with Crippen LogP contribution < -0.4 is 10.1 Å². The summed E-state index contributed by atoms with van der Waals surface area (Å²) < 4.78 is 23.9. The number of rotatable bonds is 8. The summed E-state index contributed by atoms with van der Waals surface area (Å²) in [5.41, 5.74) is 0.639. The van der Waals surface area contributed by atoms with Gasteiger partial charge in [-0.25, -0.2) is 4.39 Å². The summed E-state index contributed by atoms with van der Waals surface area (Å²) >= 11 is 0. The van der Waals surface area contributed by atoms with E-state index in [-0.39, 0.29) is 5.82 Å². The molecule has 0 radical (unpaired) electrons. The standard InChI is InChI=1S/C14H22FNO2/c1-11(2)10-18-7-6-16-9-12-4-5-13(17-3)8-14(12)15/h4-5,8,11,16H,6-7,9-10H2,1-3H3. The molecule has 0 saturated heterocycles. The fraction of sp³-hybridized carbons (Fsp3) is 0.571. The summed E-state index contributed by atoms with van der Waals surface area (Å²) in [6.45, 7) is 6.86. The van der Waals surface area contributed by atoms with E-state index in [9.17, 15) is 4.39 Å². The molecule has 0 aliphatic rings. The van der Waals surface area contributed by atoms with Crippen molar-refractivity contribution in [3.05, 3.63) is 29.6 Å². The molecule has 0 bridgehead atoms. The minimum absolute atomic E-state index is 0.245. The van der Waals surface area contributed by atoms with Crippen LogP contribution in [0.5, 0.6) is 5.75 Å². The molecule has 1 rings (SSSR count). The molecule has 0 spiro atoms. The van der Waals surface area contributed by atoms with E-state index in [0.717, 1.165) is 13.2 Å². The zero-order valence-corrected chi connectivity index (χ0v) is 11.3. The quantitative estimate of drug-likeness (QED) is 0.724. The second-order valence-electron chi connectivity index (χ2n) is 4.60. The Kier molecular flexibility index (Phi) is 6.68. The molecule has 0 aliphatic carbocycles. The molecule has 18 heavy (non-hydrogen) atoms. The van der Waals surface area contributed by atoms with E-state index in [1.165, 1.54) is 13.2 Å². The van der Waals surface area contributed by atoms with Crippen LogP contribution in [0.2, 0.25) is 0 Å². The monoisotopic (exact) mass is 255 g/mol. The molecule has 3 nitrogen and oxygen atoms in total. The first-order valence-corrected chi connectivity index (χ1v) is 6.24. The summed E-state index contributed by atoms with van der Waals surface area (Å²) in [5, 5.41) is 3.15. The van der Waals surface area contributed by atoms with E-state index in [2.05, 4.69) is 19.2 Å². The highest BCUT2D eigenvalue weighted by Crippen LogP contribution is 2.15. The maximum Gasteiger partial charge on any atom is 0.131 e. The lowest BCUT2D eigenvalue weighted by atomic mass is 10.2. The van der Waals surface area contributed by atoms with Gasteiger partial charge in [-0.1, -0.05) is 19.9 Å². The maximum absolute atomic E-state index is 13.6. The number of methoxy groups -OCH3 is 1. The fourth-order valence-electron chi connectivity index (χ4n) is 1.48. The Morgan fingerprint density at radius 2 is 2.11 bits per heavy atom. The van der Waals surface area contributed by atoms with Crippen LogP contribution in [0.4, 0.5) is 4.39 Å². The van der Waals surface area contributed by atoms with Gasteiger partial charge in [0.2, 0.25) is 0 Å². The van der Waals surface area contributed by atoms with Crippen LogP contribution in [0.1, 0.15) is 19.4 Å². The Hall–Kier alpha value is -1.13. The highest BCUT2D eigenvalue weighted by Gasteiger charge is 2.03. The van der Waals surface area contributed by atoms with Gasteiger partial charge in [-0.2, -0.15) is 0 Å². The van der Waals surface area contributed by atoms with Crippen LogP contribution in [-0.2, 0) is 11.3 Å². The summed E-state index contributed by atoms with van der Waals surface area (Å²) in [5.74, 6) is 0.838. The highest BCUT2D eigenvalue weighted by atomic mass is 19.1. The Bertz CT molecular complexity index is 356. The Balaban J connectivity index is 2.23. The first kappa shape index (κ1) is 14.9. The van der Waals surface area contributed by atoms with Gasteiger partial charge in [0, 0.05) is 31.3 Å². The number of halogens is 1. The topological polar surface area (TPSA) is 30.5 Å². The van der Waals surface area contributed by atoms with Crippen molar-refractivity contribution < 1.29 is 13.9 Å². The van der Waals surface area contributed by atoms with Gasteiger partial charge in [0.15, 0.2) is 0 Å². The molecule has 0 aliphatic heterocycles. The molecular weight excluding hydrogens is 233 g/mol. The van der Waals surface area contributed by atoms with E-state index in [0.29, 0.717) is 30.4 Å². The smallest absolute Gasteiger partial charge is 0.131 e. The average molecular weight is 255 g/mol. The number of hydrogen-bond acceptors (Lipinski definition) is 3. The summed E-state index contributed by atoms with van der Waals surface area (Å²) in [6, 6.07) is 4.89. The van der Waals surface area contributed by atoms with Gasteiger partial charge in [-0.15, -0.1) is 0 Å². The van der Waals surface area contributed by atoms with Crippen molar-refractivity contribution in [1.82, 2.24) is 5.32 Å². The second kappa shape index (κ2) is 8.06. The van der Waals surface area contributed by atoms with Crippen LogP contribution in [-0.4, -0.2) is 26.9 Å². The molecule has 0 fully saturated rings. The molecule has 0 aromatic heterocycles. The lowest BCUT2D eigenvalue weighted by Gasteiger charge is -2.09. The van der Waals surface area contributed by atoms with Gasteiger partial charge >= 0.3 is 0 Å². The van der Waals surface area contributed by atoms with Gasteiger partial charge in [0.25, 0.3) is 0 Å². The van der Waals surface area contributed by atoms with Gasteiger partial charge in [0.05, 0.1) is 13.7 Å². The molecule has 0 amide bonds. The van der Waals surface area contributed by atoms with Crippen LogP contribution in [0.25, 0.3) is 0 Å². The van der Waals surface area contributed by atoms with Crippen molar-refractivity contribution in [3.63, 3.8) is 0 Å². The SMILES string of the molecule is COc1ccc(CNCCOCC(C)C)c(F)c1. The molecular formula is C14H22FNO2. The van der Waals surface area contributed by atoms with Crippen LogP contribution >= 0.6 is 0 Å². The third-order valence-electron chi connectivity index (χ3n) is 2.45. The lowest BCUT2D eigenvalue weighted by Crippen LogP contribution is -2.20. The minimum atomic E-state index is -0.245. The number of nitrogens with one attached hydrogen (secondary N) is 1. The molecule has 1 aromatic rings. The van der Waals surface area contributed by atoms with E-state index in [1.54, 1.807) is 12.1 Å². The van der Waals surface area contributed by atoms with Crippen molar-refractivity contribution >= 4 is 0 Å². The lowest BCUT2D eigenvalue weighted by molar-refractivity contribution is 0.111. The molecule has 1 aromatic carbocycles. The first-order chi connectivity index (χ1) is 8.63. The molecule has 4 heteroatoms.